The summed E-state index contributed by atoms with van der Waals surface area (Å²) >= 11 is -0.210. The second kappa shape index (κ2) is 10.8. The number of rotatable bonds is 9. The summed E-state index contributed by atoms with van der Waals surface area (Å²) in [6.07, 6.45) is -0.337. The van der Waals surface area contributed by atoms with Crippen molar-refractivity contribution in [3.63, 3.8) is 0 Å². The van der Waals surface area contributed by atoms with Crippen LogP contribution in [0.15, 0.2) is 76.3 Å². The normalized spacial score (nSPS) is 13.1. The maximum absolute atomic E-state index is 12.7. The van der Waals surface area contributed by atoms with Gasteiger partial charge in [-0.3, -0.25) is 0 Å². The van der Waals surface area contributed by atoms with Gasteiger partial charge in [-0.15, -0.1) is 0 Å². The van der Waals surface area contributed by atoms with E-state index < -0.39 is 19.6 Å². The Kier molecular flexibility index (Phi) is 8.31. The number of hydrogen-bond acceptors (Lipinski definition) is 4. The summed E-state index contributed by atoms with van der Waals surface area (Å²) in [5.74, 6) is 0. The third kappa shape index (κ3) is 6.88. The van der Waals surface area contributed by atoms with Crippen LogP contribution in [0.25, 0.3) is 0 Å². The van der Waals surface area contributed by atoms with Gasteiger partial charge in [-0.2, -0.15) is 0 Å². The zero-order valence-electron chi connectivity index (χ0n) is 19.8. The topological polar surface area (TPSA) is 73.3 Å². The number of aromatic nitrogens is 2. The summed E-state index contributed by atoms with van der Waals surface area (Å²) in [5.41, 5.74) is 0.126. The van der Waals surface area contributed by atoms with Crippen LogP contribution in [0.5, 0.6) is 0 Å². The van der Waals surface area contributed by atoms with Gasteiger partial charge in [-0.25, -0.2) is 0 Å². The Bertz CT molecular complexity index is 1150. The molecule has 0 saturated carbocycles. The number of nitrogens with zero attached hydrogens (tertiary/aromatic N) is 1. The van der Waals surface area contributed by atoms with E-state index in [1.807, 2.05) is 60.7 Å². The molecule has 1 aromatic heterocycles. The van der Waals surface area contributed by atoms with Gasteiger partial charge in [0.2, 0.25) is 0 Å². The van der Waals surface area contributed by atoms with Crippen LogP contribution >= 0.6 is 0 Å². The molecule has 0 fully saturated rings. The number of ether oxygens (including phenoxy) is 1. The summed E-state index contributed by atoms with van der Waals surface area (Å²) in [4.78, 5) is 27.0. The van der Waals surface area contributed by atoms with Gasteiger partial charge >= 0.3 is 203 Å². The Labute approximate surface area is 202 Å². The third-order valence-corrected chi connectivity index (χ3v) is 12.7. The zero-order valence-corrected chi connectivity index (χ0v) is 22.5. The molecule has 0 aliphatic heterocycles. The van der Waals surface area contributed by atoms with E-state index >= 15 is 0 Å². The van der Waals surface area contributed by atoms with Gasteiger partial charge in [0.25, 0.3) is 0 Å². The van der Waals surface area contributed by atoms with Crippen LogP contribution in [-0.2, 0) is 15.9 Å². The van der Waals surface area contributed by atoms with Crippen molar-refractivity contribution in [2.75, 3.05) is 6.61 Å². The molecule has 0 saturated heterocycles. The van der Waals surface area contributed by atoms with Crippen molar-refractivity contribution in [3.8, 4) is 0 Å². The second-order valence-corrected chi connectivity index (χ2v) is 16.5. The van der Waals surface area contributed by atoms with Gasteiger partial charge < -0.3 is 0 Å². The van der Waals surface area contributed by atoms with Crippen molar-refractivity contribution in [2.24, 2.45) is 0 Å². The monoisotopic (exact) mass is 532 g/mol. The van der Waals surface area contributed by atoms with Gasteiger partial charge in [-0.05, 0) is 0 Å². The van der Waals surface area contributed by atoms with E-state index in [0.717, 1.165) is 10.0 Å². The second-order valence-electron chi connectivity index (χ2n) is 9.39. The van der Waals surface area contributed by atoms with Crippen LogP contribution in [0, 0.1) is 0 Å². The summed E-state index contributed by atoms with van der Waals surface area (Å²) in [7, 11) is -1.98. The fourth-order valence-corrected chi connectivity index (χ4v) is 5.88. The van der Waals surface area contributed by atoms with E-state index in [1.165, 1.54) is 10.6 Å². The molecule has 3 rings (SSSR count). The molecule has 176 valence electrons. The van der Waals surface area contributed by atoms with Crippen LogP contribution in [0.2, 0.25) is 18.1 Å². The fourth-order valence-electron chi connectivity index (χ4n) is 2.89. The number of H-pyrrole nitrogens is 1. The number of aromatic amines is 1. The zero-order chi connectivity index (χ0) is 24.1. The van der Waals surface area contributed by atoms with E-state index in [1.54, 1.807) is 0 Å². The van der Waals surface area contributed by atoms with Crippen molar-refractivity contribution < 1.29 is 9.16 Å². The summed E-state index contributed by atoms with van der Waals surface area (Å²) in [6, 6.07) is 21.2. The van der Waals surface area contributed by atoms with Crippen LogP contribution in [0.4, 0.5) is 0 Å². The standard InChI is InChI=1S/C25H32N2O4SeSi/c1-25(2,3)33(4,5)31-17-21(19-12-8-6-9-13-19)30-18-27-23(16-22(28)26-24(27)29)32-20-14-10-7-11-15-20/h6-16,21H,17-18H2,1-5H3,(H,26,28,29). The first-order valence-electron chi connectivity index (χ1n) is 10.9. The Morgan fingerprint density at radius 3 is 2.21 bits per heavy atom. The maximum atomic E-state index is 12.7. The summed E-state index contributed by atoms with van der Waals surface area (Å²) in [5, 5.41) is 0.0788. The van der Waals surface area contributed by atoms with Crippen LogP contribution in [0.3, 0.4) is 0 Å². The predicted octanol–water partition coefficient (Wildman–Crippen LogP) is 2.93. The number of hydrogen-bond donors (Lipinski definition) is 1. The molecular weight excluding hydrogens is 499 g/mol. The SMILES string of the molecule is CC(C)(C)[Si](C)(C)OCC(OCn1c([Se]c2ccccc2)cc(=O)[nH]c1=O)c1ccccc1. The van der Waals surface area contributed by atoms with Crippen molar-refractivity contribution in [2.45, 2.75) is 51.7 Å². The average Bonchev–Trinajstić information content (AvgIpc) is 2.75. The van der Waals surface area contributed by atoms with Crippen LogP contribution in [-0.4, -0.2) is 39.4 Å². The summed E-state index contributed by atoms with van der Waals surface area (Å²) < 4.78 is 16.0. The van der Waals surface area contributed by atoms with Gasteiger partial charge in [-0.1, -0.05) is 0 Å². The Balaban J connectivity index is 1.84. The van der Waals surface area contributed by atoms with Crippen molar-refractivity contribution in [1.29, 1.82) is 0 Å². The number of benzene rings is 2. The predicted molar refractivity (Wildman–Crippen MR) is 136 cm³/mol. The average molecular weight is 532 g/mol. The van der Waals surface area contributed by atoms with Gasteiger partial charge in [0.1, 0.15) is 0 Å². The van der Waals surface area contributed by atoms with Crippen LogP contribution in [0.1, 0.15) is 32.4 Å². The van der Waals surface area contributed by atoms with E-state index in [0.29, 0.717) is 11.2 Å². The molecule has 0 amide bonds. The molecule has 0 spiro atoms. The van der Waals surface area contributed by atoms with Gasteiger partial charge in [0.15, 0.2) is 0 Å². The fraction of sp³-hybridized carbons (Fsp3) is 0.360. The molecule has 1 N–H and O–H groups in total. The van der Waals surface area contributed by atoms with E-state index in [9.17, 15) is 9.59 Å². The molecule has 6 nitrogen and oxygen atoms in total. The molecule has 3 aromatic rings. The van der Waals surface area contributed by atoms with Crippen LogP contribution < -0.4 is 20.3 Å². The Morgan fingerprint density at radius 2 is 1.61 bits per heavy atom. The molecule has 33 heavy (non-hydrogen) atoms. The van der Waals surface area contributed by atoms with E-state index in [-0.39, 0.29) is 32.8 Å². The number of nitrogens with one attached hydrogen (secondary N) is 1. The molecule has 0 bridgehead atoms. The quantitative estimate of drug-likeness (QED) is 0.431. The summed E-state index contributed by atoms with van der Waals surface area (Å²) in [6.45, 7) is 11.5. The molecule has 0 radical (unpaired) electrons. The molecule has 1 unspecified atom stereocenters. The molecular formula is C25H32N2O4SeSi. The first-order chi connectivity index (χ1) is 15.6. The van der Waals surface area contributed by atoms with E-state index in [4.69, 9.17) is 9.16 Å². The minimum absolute atomic E-state index is 0.0277. The van der Waals surface area contributed by atoms with Gasteiger partial charge in [0, 0.05) is 0 Å². The van der Waals surface area contributed by atoms with Crippen molar-refractivity contribution in [3.05, 3.63) is 93.1 Å². The van der Waals surface area contributed by atoms with Crippen molar-refractivity contribution >= 4 is 32.3 Å². The molecule has 2 aromatic carbocycles. The van der Waals surface area contributed by atoms with Gasteiger partial charge in [0.05, 0.1) is 0 Å². The third-order valence-electron chi connectivity index (χ3n) is 5.94. The Hall–Kier alpha value is -2.22. The first-order valence-corrected chi connectivity index (χ1v) is 15.6. The molecule has 1 heterocycles. The molecule has 0 aliphatic carbocycles. The molecule has 8 heteroatoms. The minimum atomic E-state index is -1.98. The van der Waals surface area contributed by atoms with E-state index in [2.05, 4.69) is 38.8 Å². The first kappa shape index (κ1) is 25.4. The molecule has 1 atom stereocenters. The van der Waals surface area contributed by atoms with Crippen molar-refractivity contribution in [1.82, 2.24) is 9.55 Å². The Morgan fingerprint density at radius 1 is 1.00 bits per heavy atom. The molecule has 0 aliphatic rings.